The summed E-state index contributed by atoms with van der Waals surface area (Å²) >= 11 is 0. The van der Waals surface area contributed by atoms with Gasteiger partial charge in [-0.3, -0.25) is 0 Å². The van der Waals surface area contributed by atoms with Crippen molar-refractivity contribution in [3.8, 4) is 23.3 Å². The molecule has 0 bridgehead atoms. The van der Waals surface area contributed by atoms with Crippen LogP contribution >= 0.6 is 0 Å². The molecule has 1 heterocycles. The maximum absolute atomic E-state index is 9.15. The zero-order valence-corrected chi connectivity index (χ0v) is 10.1. The lowest BCUT2D eigenvalue weighted by atomic mass is 10.2. The van der Waals surface area contributed by atoms with E-state index in [1.54, 1.807) is 30.5 Å². The Kier molecular flexibility index (Phi) is 3.83. The molecule has 0 amide bonds. The van der Waals surface area contributed by atoms with Gasteiger partial charge in [0.2, 0.25) is 0 Å². The summed E-state index contributed by atoms with van der Waals surface area (Å²) in [6.07, 6.45) is 1.66. The van der Waals surface area contributed by atoms with Crippen LogP contribution in [0.25, 0.3) is 0 Å². The van der Waals surface area contributed by atoms with Gasteiger partial charge in [-0.1, -0.05) is 5.92 Å². The van der Waals surface area contributed by atoms with E-state index in [0.29, 0.717) is 12.3 Å². The molecule has 0 saturated heterocycles. The van der Waals surface area contributed by atoms with Crippen LogP contribution in [0.15, 0.2) is 42.6 Å². The predicted octanol–water partition coefficient (Wildman–Crippen LogP) is 2.59. The van der Waals surface area contributed by atoms with Crippen molar-refractivity contribution in [2.75, 3.05) is 6.61 Å². The molecule has 2 rings (SSSR count). The molecular formula is C15H13NO2. The highest BCUT2D eigenvalue weighted by molar-refractivity contribution is 5.42. The fourth-order valence-electron chi connectivity index (χ4n) is 1.39. The standard InChI is InChI=1S/C15H13NO2/c1-2-18-15-10-7-13(16-11-15)6-3-12-4-8-14(17)9-5-12/h4-5,7-11,17H,2H2,1H3. The first-order chi connectivity index (χ1) is 8.78. The molecule has 18 heavy (non-hydrogen) atoms. The van der Waals surface area contributed by atoms with Gasteiger partial charge in [0, 0.05) is 5.56 Å². The molecule has 0 spiro atoms. The summed E-state index contributed by atoms with van der Waals surface area (Å²) < 4.78 is 5.30. The molecule has 0 aliphatic rings. The summed E-state index contributed by atoms with van der Waals surface area (Å²) in [6.45, 7) is 2.55. The highest BCUT2D eigenvalue weighted by Crippen LogP contribution is 2.10. The SMILES string of the molecule is CCOc1ccc(C#Cc2ccc(O)cc2)nc1. The van der Waals surface area contributed by atoms with Gasteiger partial charge in [-0.15, -0.1) is 0 Å². The highest BCUT2D eigenvalue weighted by atomic mass is 16.5. The molecule has 0 saturated carbocycles. The number of aromatic hydroxyl groups is 1. The van der Waals surface area contributed by atoms with Crippen LogP contribution in [-0.2, 0) is 0 Å². The third-order valence-electron chi connectivity index (χ3n) is 2.25. The number of phenols is 1. The van der Waals surface area contributed by atoms with Crippen molar-refractivity contribution in [3.05, 3.63) is 53.9 Å². The van der Waals surface area contributed by atoms with Gasteiger partial charge in [-0.25, -0.2) is 4.98 Å². The van der Waals surface area contributed by atoms with Crippen molar-refractivity contribution in [1.82, 2.24) is 4.98 Å². The quantitative estimate of drug-likeness (QED) is 0.819. The molecular weight excluding hydrogens is 226 g/mol. The second-order valence-corrected chi connectivity index (χ2v) is 3.61. The molecule has 0 fully saturated rings. The number of hydrogen-bond acceptors (Lipinski definition) is 3. The van der Waals surface area contributed by atoms with E-state index in [9.17, 15) is 0 Å². The van der Waals surface area contributed by atoms with E-state index < -0.39 is 0 Å². The van der Waals surface area contributed by atoms with Gasteiger partial charge in [0.15, 0.2) is 0 Å². The third-order valence-corrected chi connectivity index (χ3v) is 2.25. The highest BCUT2D eigenvalue weighted by Gasteiger charge is 1.93. The van der Waals surface area contributed by atoms with Crippen molar-refractivity contribution >= 4 is 0 Å². The second kappa shape index (κ2) is 5.74. The Hall–Kier alpha value is -2.47. The van der Waals surface area contributed by atoms with Gasteiger partial charge >= 0.3 is 0 Å². The average Bonchev–Trinajstić information content (AvgIpc) is 2.40. The van der Waals surface area contributed by atoms with Crippen molar-refractivity contribution < 1.29 is 9.84 Å². The van der Waals surface area contributed by atoms with Crippen LogP contribution in [0.5, 0.6) is 11.5 Å². The van der Waals surface area contributed by atoms with E-state index in [2.05, 4.69) is 16.8 Å². The first-order valence-corrected chi connectivity index (χ1v) is 5.68. The first-order valence-electron chi connectivity index (χ1n) is 5.68. The molecule has 0 aliphatic heterocycles. The van der Waals surface area contributed by atoms with Gasteiger partial charge in [-0.05, 0) is 49.2 Å². The number of ether oxygens (including phenoxy) is 1. The second-order valence-electron chi connectivity index (χ2n) is 3.61. The molecule has 2 aromatic rings. The van der Waals surface area contributed by atoms with Crippen LogP contribution in [0.3, 0.4) is 0 Å². The lowest BCUT2D eigenvalue weighted by Gasteiger charge is -2.00. The van der Waals surface area contributed by atoms with Crippen LogP contribution in [-0.4, -0.2) is 16.7 Å². The van der Waals surface area contributed by atoms with E-state index in [0.717, 1.165) is 11.3 Å². The maximum Gasteiger partial charge on any atom is 0.137 e. The van der Waals surface area contributed by atoms with E-state index in [1.165, 1.54) is 0 Å². The molecule has 1 aromatic heterocycles. The van der Waals surface area contributed by atoms with Crippen molar-refractivity contribution in [3.63, 3.8) is 0 Å². The van der Waals surface area contributed by atoms with Gasteiger partial charge in [0.1, 0.15) is 17.2 Å². The molecule has 3 heteroatoms. The smallest absolute Gasteiger partial charge is 0.137 e. The molecule has 1 N–H and O–H groups in total. The van der Waals surface area contributed by atoms with Gasteiger partial charge in [0.05, 0.1) is 12.8 Å². The van der Waals surface area contributed by atoms with Gasteiger partial charge < -0.3 is 9.84 Å². The number of phenolic OH excluding ortho intramolecular Hbond substituents is 1. The Bertz CT molecular complexity index is 562. The Morgan fingerprint density at radius 3 is 2.50 bits per heavy atom. The molecule has 0 aliphatic carbocycles. The summed E-state index contributed by atoms with van der Waals surface area (Å²) in [7, 11) is 0. The van der Waals surface area contributed by atoms with Crippen LogP contribution < -0.4 is 4.74 Å². The molecule has 0 unspecified atom stereocenters. The van der Waals surface area contributed by atoms with Crippen molar-refractivity contribution in [2.24, 2.45) is 0 Å². The topological polar surface area (TPSA) is 42.4 Å². The number of hydrogen-bond donors (Lipinski definition) is 1. The third kappa shape index (κ3) is 3.26. The fourth-order valence-corrected chi connectivity index (χ4v) is 1.39. The van der Waals surface area contributed by atoms with E-state index in [4.69, 9.17) is 9.84 Å². The summed E-state index contributed by atoms with van der Waals surface area (Å²) in [5.41, 5.74) is 1.52. The summed E-state index contributed by atoms with van der Waals surface area (Å²) in [5, 5.41) is 9.15. The van der Waals surface area contributed by atoms with E-state index in [1.807, 2.05) is 19.1 Å². The molecule has 1 aromatic carbocycles. The minimum Gasteiger partial charge on any atom is -0.508 e. The number of aromatic nitrogens is 1. The Morgan fingerprint density at radius 1 is 1.11 bits per heavy atom. The van der Waals surface area contributed by atoms with E-state index >= 15 is 0 Å². The minimum absolute atomic E-state index is 0.236. The van der Waals surface area contributed by atoms with Crippen LogP contribution in [0.4, 0.5) is 0 Å². The largest absolute Gasteiger partial charge is 0.508 e. The Balaban J connectivity index is 2.12. The summed E-state index contributed by atoms with van der Waals surface area (Å²) in [4.78, 5) is 4.18. The van der Waals surface area contributed by atoms with Gasteiger partial charge in [0.25, 0.3) is 0 Å². The number of benzene rings is 1. The number of pyridine rings is 1. The Morgan fingerprint density at radius 2 is 1.89 bits per heavy atom. The maximum atomic E-state index is 9.15. The molecule has 90 valence electrons. The lowest BCUT2D eigenvalue weighted by Crippen LogP contribution is -1.92. The van der Waals surface area contributed by atoms with Crippen molar-refractivity contribution in [2.45, 2.75) is 6.92 Å². The lowest BCUT2D eigenvalue weighted by molar-refractivity contribution is 0.339. The zero-order valence-electron chi connectivity index (χ0n) is 10.1. The summed E-state index contributed by atoms with van der Waals surface area (Å²) in [6, 6.07) is 10.4. The Labute approximate surface area is 106 Å². The first kappa shape index (κ1) is 12.0. The molecule has 0 atom stereocenters. The normalized spacial score (nSPS) is 9.39. The molecule has 0 radical (unpaired) electrons. The number of rotatable bonds is 2. The van der Waals surface area contributed by atoms with Gasteiger partial charge in [-0.2, -0.15) is 0 Å². The zero-order chi connectivity index (χ0) is 12.8. The minimum atomic E-state index is 0.236. The predicted molar refractivity (Wildman–Crippen MR) is 69.5 cm³/mol. The van der Waals surface area contributed by atoms with Crippen LogP contribution in [0.1, 0.15) is 18.2 Å². The average molecular weight is 239 g/mol. The summed E-state index contributed by atoms with van der Waals surface area (Å²) in [5.74, 6) is 6.91. The van der Waals surface area contributed by atoms with Crippen LogP contribution in [0, 0.1) is 11.8 Å². The fraction of sp³-hybridized carbons (Fsp3) is 0.133. The molecule has 3 nitrogen and oxygen atoms in total. The van der Waals surface area contributed by atoms with Crippen molar-refractivity contribution in [1.29, 1.82) is 0 Å². The van der Waals surface area contributed by atoms with Crippen LogP contribution in [0.2, 0.25) is 0 Å². The number of nitrogens with zero attached hydrogens (tertiary/aromatic N) is 1. The monoisotopic (exact) mass is 239 g/mol. The van der Waals surface area contributed by atoms with E-state index in [-0.39, 0.29) is 5.75 Å².